The maximum atomic E-state index is 10.9. The topological polar surface area (TPSA) is 95.5 Å². The number of hydrogen-bond donors (Lipinski definition) is 0. The quantitative estimate of drug-likeness (QED) is 0.456. The molecular weight excluding hydrogens is 344 g/mol. The van der Waals surface area contributed by atoms with Crippen LogP contribution in [0.5, 0.6) is 11.5 Å². The van der Waals surface area contributed by atoms with E-state index in [0.29, 0.717) is 11.3 Å². The zero-order chi connectivity index (χ0) is 15.4. The number of nitrogens with zero attached hydrogens (tertiary/aromatic N) is 2. The summed E-state index contributed by atoms with van der Waals surface area (Å²) in [7, 11) is 0. The minimum absolute atomic E-state index is 0.0400. The Kier molecular flexibility index (Phi) is 4.49. The van der Waals surface area contributed by atoms with Crippen LogP contribution in [0, 0.1) is 20.2 Å². The average Bonchev–Trinajstić information content (AvgIpc) is 2.47. The van der Waals surface area contributed by atoms with Crippen LogP contribution in [-0.4, -0.2) is 9.85 Å². The summed E-state index contributed by atoms with van der Waals surface area (Å²) in [5, 5.41) is 22.0. The largest absolute Gasteiger partial charge is 0.450 e. The lowest BCUT2D eigenvalue weighted by molar-refractivity contribution is -0.385. The number of ether oxygens (including phenoxy) is 1. The van der Waals surface area contributed by atoms with Crippen LogP contribution in [0.1, 0.15) is 5.56 Å². The first-order valence-corrected chi connectivity index (χ1v) is 6.89. The van der Waals surface area contributed by atoms with Crippen molar-refractivity contribution in [3.05, 3.63) is 68.3 Å². The van der Waals surface area contributed by atoms with Gasteiger partial charge in [-0.3, -0.25) is 20.2 Å². The fraction of sp³-hybridized carbons (Fsp3) is 0.0769. The number of halogens is 1. The lowest BCUT2D eigenvalue weighted by atomic mass is 10.2. The zero-order valence-corrected chi connectivity index (χ0v) is 12.1. The highest BCUT2D eigenvalue weighted by molar-refractivity contribution is 9.08. The molecule has 0 unspecified atom stereocenters. The number of hydrogen-bond acceptors (Lipinski definition) is 5. The van der Waals surface area contributed by atoms with Crippen LogP contribution < -0.4 is 4.74 Å². The van der Waals surface area contributed by atoms with Crippen molar-refractivity contribution in [2.75, 3.05) is 0 Å². The van der Waals surface area contributed by atoms with E-state index in [4.69, 9.17) is 4.74 Å². The van der Waals surface area contributed by atoms with Crippen LogP contribution in [0.25, 0.3) is 0 Å². The molecule has 0 spiro atoms. The fourth-order valence-electron chi connectivity index (χ4n) is 1.73. The lowest BCUT2D eigenvalue weighted by Gasteiger charge is -2.07. The van der Waals surface area contributed by atoms with Crippen LogP contribution in [-0.2, 0) is 5.33 Å². The van der Waals surface area contributed by atoms with Crippen LogP contribution >= 0.6 is 15.9 Å². The van der Waals surface area contributed by atoms with Crippen molar-refractivity contribution in [3.63, 3.8) is 0 Å². The van der Waals surface area contributed by atoms with Gasteiger partial charge in [-0.2, -0.15) is 0 Å². The molecule has 21 heavy (non-hydrogen) atoms. The van der Waals surface area contributed by atoms with Gasteiger partial charge in [-0.05, 0) is 18.2 Å². The Hall–Kier alpha value is -2.48. The lowest BCUT2D eigenvalue weighted by Crippen LogP contribution is -1.96. The van der Waals surface area contributed by atoms with Gasteiger partial charge in [-0.15, -0.1) is 0 Å². The molecule has 0 bridgehead atoms. The van der Waals surface area contributed by atoms with Gasteiger partial charge in [0.1, 0.15) is 5.75 Å². The number of nitro groups is 2. The molecule has 0 saturated heterocycles. The molecule has 0 amide bonds. The van der Waals surface area contributed by atoms with Crippen molar-refractivity contribution in [3.8, 4) is 11.5 Å². The monoisotopic (exact) mass is 352 g/mol. The molecule has 7 nitrogen and oxygen atoms in total. The Morgan fingerprint density at radius 1 is 1.00 bits per heavy atom. The van der Waals surface area contributed by atoms with Crippen molar-refractivity contribution in [2.45, 2.75) is 5.33 Å². The summed E-state index contributed by atoms with van der Waals surface area (Å²) in [4.78, 5) is 20.7. The van der Waals surface area contributed by atoms with E-state index in [1.807, 2.05) is 0 Å². The second-order valence-corrected chi connectivity index (χ2v) is 4.57. The Morgan fingerprint density at radius 2 is 1.67 bits per heavy atom. The highest BCUT2D eigenvalue weighted by atomic mass is 79.9. The molecule has 8 heteroatoms. The summed E-state index contributed by atoms with van der Waals surface area (Å²) in [6.45, 7) is 0. The third-order valence-electron chi connectivity index (χ3n) is 2.68. The molecule has 0 radical (unpaired) electrons. The smallest absolute Gasteiger partial charge is 0.311 e. The number of benzene rings is 2. The molecule has 2 rings (SSSR count). The van der Waals surface area contributed by atoms with Gasteiger partial charge in [0.2, 0.25) is 5.75 Å². The minimum Gasteiger partial charge on any atom is -0.450 e. The number of nitro benzene ring substituents is 2. The van der Waals surface area contributed by atoms with Crippen LogP contribution in [0.4, 0.5) is 11.4 Å². The van der Waals surface area contributed by atoms with Crippen LogP contribution in [0.15, 0.2) is 42.5 Å². The van der Waals surface area contributed by atoms with Gasteiger partial charge in [0.25, 0.3) is 5.69 Å². The highest BCUT2D eigenvalue weighted by Crippen LogP contribution is 2.33. The SMILES string of the molecule is O=[N+]([O-])c1ccc(Oc2ccccc2[N+](=O)[O-])cc1CBr. The van der Waals surface area contributed by atoms with E-state index < -0.39 is 9.85 Å². The molecule has 0 atom stereocenters. The minimum atomic E-state index is -0.549. The maximum Gasteiger partial charge on any atom is 0.311 e. The van der Waals surface area contributed by atoms with E-state index in [-0.39, 0.29) is 22.5 Å². The number of rotatable bonds is 5. The summed E-state index contributed by atoms with van der Waals surface area (Å²) in [5.41, 5.74) is 0.217. The molecule has 0 aromatic heterocycles. The number of para-hydroxylation sites is 2. The predicted octanol–water partition coefficient (Wildman–Crippen LogP) is 4.19. The molecule has 0 aliphatic rings. The van der Waals surface area contributed by atoms with E-state index in [0.717, 1.165) is 0 Å². The van der Waals surface area contributed by atoms with Crippen molar-refractivity contribution in [2.24, 2.45) is 0 Å². The fourth-order valence-corrected chi connectivity index (χ4v) is 2.18. The summed E-state index contributed by atoms with van der Waals surface area (Å²) in [6, 6.07) is 10.1. The van der Waals surface area contributed by atoms with Crippen molar-refractivity contribution in [1.82, 2.24) is 0 Å². The first-order chi connectivity index (χ1) is 10.0. The van der Waals surface area contributed by atoms with Crippen molar-refractivity contribution < 1.29 is 14.6 Å². The molecule has 0 fully saturated rings. The van der Waals surface area contributed by atoms with Gasteiger partial charge in [-0.25, -0.2) is 0 Å². The van der Waals surface area contributed by atoms with Crippen molar-refractivity contribution in [1.29, 1.82) is 0 Å². The molecule has 0 N–H and O–H groups in total. The van der Waals surface area contributed by atoms with Gasteiger partial charge < -0.3 is 4.74 Å². The highest BCUT2D eigenvalue weighted by Gasteiger charge is 2.17. The first-order valence-electron chi connectivity index (χ1n) is 5.77. The molecule has 0 aliphatic carbocycles. The van der Waals surface area contributed by atoms with Crippen LogP contribution in [0.2, 0.25) is 0 Å². The van der Waals surface area contributed by atoms with Gasteiger partial charge in [0.05, 0.1) is 9.85 Å². The van der Waals surface area contributed by atoms with Crippen molar-refractivity contribution >= 4 is 27.3 Å². The maximum absolute atomic E-state index is 10.9. The van der Waals surface area contributed by atoms with E-state index in [2.05, 4.69) is 15.9 Å². The molecule has 108 valence electrons. The van der Waals surface area contributed by atoms with Gasteiger partial charge in [0, 0.05) is 23.0 Å². The average molecular weight is 353 g/mol. The Labute approximate surface area is 127 Å². The second kappa shape index (κ2) is 6.31. The van der Waals surface area contributed by atoms with Gasteiger partial charge in [-0.1, -0.05) is 28.1 Å². The van der Waals surface area contributed by atoms with E-state index in [1.165, 1.54) is 36.4 Å². The molecular formula is C13H9BrN2O5. The van der Waals surface area contributed by atoms with E-state index >= 15 is 0 Å². The third kappa shape index (κ3) is 3.34. The van der Waals surface area contributed by atoms with Crippen LogP contribution in [0.3, 0.4) is 0 Å². The molecule has 0 heterocycles. The molecule has 2 aromatic rings. The predicted molar refractivity (Wildman–Crippen MR) is 78.9 cm³/mol. The van der Waals surface area contributed by atoms with E-state index in [9.17, 15) is 20.2 Å². The number of alkyl halides is 1. The summed E-state index contributed by atoms with van der Waals surface area (Å²) in [6.07, 6.45) is 0. The first kappa shape index (κ1) is 14.9. The summed E-state index contributed by atoms with van der Waals surface area (Å²) in [5.74, 6) is 0.376. The normalized spacial score (nSPS) is 10.1. The Morgan fingerprint density at radius 3 is 2.29 bits per heavy atom. The Bertz CT molecular complexity index is 705. The van der Waals surface area contributed by atoms with E-state index in [1.54, 1.807) is 6.07 Å². The molecule has 0 saturated carbocycles. The molecule has 2 aromatic carbocycles. The Balaban J connectivity index is 2.37. The molecule has 0 aliphatic heterocycles. The van der Waals surface area contributed by atoms with Gasteiger partial charge in [0.15, 0.2) is 0 Å². The zero-order valence-electron chi connectivity index (χ0n) is 10.6. The summed E-state index contributed by atoms with van der Waals surface area (Å²) < 4.78 is 5.46. The summed E-state index contributed by atoms with van der Waals surface area (Å²) >= 11 is 3.17. The second-order valence-electron chi connectivity index (χ2n) is 4.01. The van der Waals surface area contributed by atoms with Gasteiger partial charge >= 0.3 is 5.69 Å². The standard InChI is InChI=1S/C13H9BrN2O5/c14-8-9-7-10(5-6-11(9)15(17)18)21-13-4-2-1-3-12(13)16(19)20/h1-7H,8H2. The third-order valence-corrected chi connectivity index (χ3v) is 3.29.